The summed E-state index contributed by atoms with van der Waals surface area (Å²) in [5.74, 6) is 0.879. The van der Waals surface area contributed by atoms with Gasteiger partial charge in [0.05, 0.1) is 17.7 Å². The highest BCUT2D eigenvalue weighted by atomic mass is 16.6. The number of hydrogen-bond acceptors (Lipinski definition) is 7. The molecule has 2 heterocycles. The van der Waals surface area contributed by atoms with E-state index in [9.17, 15) is 9.59 Å². The number of benzene rings is 1. The van der Waals surface area contributed by atoms with E-state index in [0.717, 1.165) is 55.5 Å². The van der Waals surface area contributed by atoms with Crippen molar-refractivity contribution in [2.75, 3.05) is 10.6 Å². The molecule has 1 aromatic carbocycles. The van der Waals surface area contributed by atoms with Crippen LogP contribution in [0.2, 0.25) is 0 Å². The van der Waals surface area contributed by atoms with Gasteiger partial charge in [-0.05, 0) is 77.0 Å². The van der Waals surface area contributed by atoms with Gasteiger partial charge in [-0.25, -0.2) is 4.98 Å². The molecule has 186 valence electrons. The first-order valence-electron chi connectivity index (χ1n) is 12.7. The number of aromatic nitrogens is 2. The van der Waals surface area contributed by atoms with Crippen LogP contribution in [0.15, 0.2) is 24.3 Å². The minimum Gasteiger partial charge on any atom is -0.460 e. The maximum absolute atomic E-state index is 12.9. The average Bonchev–Trinajstić information content (AvgIpc) is 3.47. The lowest BCUT2D eigenvalue weighted by atomic mass is 9.82. The number of esters is 1. The van der Waals surface area contributed by atoms with Crippen LogP contribution in [-0.4, -0.2) is 33.5 Å². The van der Waals surface area contributed by atoms with Crippen molar-refractivity contribution < 1.29 is 14.3 Å². The lowest BCUT2D eigenvalue weighted by Gasteiger charge is -2.32. The Morgan fingerprint density at radius 1 is 1.20 bits per heavy atom. The Bertz CT molecular complexity index is 1150. The highest BCUT2D eigenvalue weighted by Crippen LogP contribution is 2.51. The molecule has 1 aromatic heterocycles. The number of nitrogens with one attached hydrogen (secondary N) is 3. The molecule has 0 saturated heterocycles. The number of hydrogen-bond donors (Lipinski definition) is 3. The third-order valence-corrected chi connectivity index (χ3v) is 7.05. The summed E-state index contributed by atoms with van der Waals surface area (Å²) in [4.78, 5) is 35.1. The molecule has 1 aliphatic heterocycles. The fourth-order valence-corrected chi connectivity index (χ4v) is 5.27. The summed E-state index contributed by atoms with van der Waals surface area (Å²) < 4.78 is 5.59. The van der Waals surface area contributed by atoms with E-state index in [4.69, 9.17) is 14.7 Å². The van der Waals surface area contributed by atoms with E-state index in [1.807, 2.05) is 52.0 Å². The van der Waals surface area contributed by atoms with E-state index in [1.54, 1.807) is 0 Å². The largest absolute Gasteiger partial charge is 0.460 e. The fraction of sp³-hybridized carbons (Fsp3) is 0.556. The van der Waals surface area contributed by atoms with Crippen molar-refractivity contribution in [3.63, 3.8) is 0 Å². The van der Waals surface area contributed by atoms with Crippen molar-refractivity contribution >= 4 is 29.3 Å². The van der Waals surface area contributed by atoms with Crippen LogP contribution in [0, 0.1) is 12.8 Å². The minimum absolute atomic E-state index is 0.0707. The number of fused-ring (bicyclic) bond motifs is 2. The third-order valence-electron chi connectivity index (χ3n) is 7.05. The fourth-order valence-electron chi connectivity index (χ4n) is 5.27. The van der Waals surface area contributed by atoms with E-state index in [2.05, 4.69) is 16.0 Å². The lowest BCUT2D eigenvalue weighted by Crippen LogP contribution is -2.36. The molecule has 1 spiro atoms. The number of nitrogens with zero attached hydrogens (tertiary/aromatic N) is 2. The van der Waals surface area contributed by atoms with Crippen molar-refractivity contribution in [1.82, 2.24) is 15.3 Å². The van der Waals surface area contributed by atoms with E-state index in [-0.39, 0.29) is 29.4 Å². The highest BCUT2D eigenvalue weighted by Gasteiger charge is 2.55. The zero-order chi connectivity index (χ0) is 24.8. The van der Waals surface area contributed by atoms with E-state index >= 15 is 0 Å². The van der Waals surface area contributed by atoms with Crippen molar-refractivity contribution in [1.29, 1.82) is 0 Å². The zero-order valence-electron chi connectivity index (χ0n) is 21.0. The van der Waals surface area contributed by atoms with Crippen LogP contribution in [0.1, 0.15) is 87.3 Å². The topological polar surface area (TPSA) is 105 Å². The van der Waals surface area contributed by atoms with Crippen LogP contribution >= 0.6 is 0 Å². The molecule has 5 rings (SSSR count). The highest BCUT2D eigenvalue weighted by molar-refractivity contribution is 6.04. The molecule has 3 N–H and O–H groups in total. The third kappa shape index (κ3) is 5.11. The Labute approximate surface area is 206 Å². The minimum atomic E-state index is -0.494. The van der Waals surface area contributed by atoms with Crippen LogP contribution in [0.3, 0.4) is 0 Å². The summed E-state index contributed by atoms with van der Waals surface area (Å²) in [7, 11) is 0. The van der Waals surface area contributed by atoms with Gasteiger partial charge in [-0.2, -0.15) is 4.98 Å². The molecule has 2 aliphatic carbocycles. The molecule has 0 radical (unpaired) electrons. The number of carbonyl (C=O) groups is 2. The van der Waals surface area contributed by atoms with Crippen LogP contribution in [-0.2, 0) is 15.1 Å². The molecule has 2 atom stereocenters. The van der Waals surface area contributed by atoms with E-state index in [0.29, 0.717) is 23.8 Å². The molecule has 3 aliphatic rings. The smallest absolute Gasteiger partial charge is 0.306 e. The molecule has 0 unspecified atom stereocenters. The Kier molecular flexibility index (Phi) is 5.93. The number of carbonyl (C=O) groups excluding carboxylic acids is 2. The Morgan fingerprint density at radius 2 is 1.97 bits per heavy atom. The van der Waals surface area contributed by atoms with Gasteiger partial charge in [-0.3, -0.25) is 9.59 Å². The van der Waals surface area contributed by atoms with E-state index in [1.165, 1.54) is 0 Å². The molecular weight excluding hydrogens is 442 g/mol. The van der Waals surface area contributed by atoms with Gasteiger partial charge in [0.1, 0.15) is 17.0 Å². The second-order valence-electron chi connectivity index (χ2n) is 11.2. The van der Waals surface area contributed by atoms with Gasteiger partial charge in [0.2, 0.25) is 5.95 Å². The quantitative estimate of drug-likeness (QED) is 0.505. The molecule has 2 fully saturated rings. The molecule has 2 saturated carbocycles. The van der Waals surface area contributed by atoms with Crippen molar-refractivity contribution in [2.45, 2.75) is 89.8 Å². The van der Waals surface area contributed by atoms with Gasteiger partial charge in [0.25, 0.3) is 5.91 Å². The predicted molar refractivity (Wildman–Crippen MR) is 135 cm³/mol. The van der Waals surface area contributed by atoms with Gasteiger partial charge in [0.15, 0.2) is 0 Å². The maximum atomic E-state index is 12.9. The second-order valence-corrected chi connectivity index (χ2v) is 11.2. The van der Waals surface area contributed by atoms with E-state index < -0.39 is 5.60 Å². The summed E-state index contributed by atoms with van der Waals surface area (Å²) in [5.41, 5.74) is 2.44. The number of aryl methyl sites for hydroxylation is 1. The molecule has 1 amide bonds. The summed E-state index contributed by atoms with van der Waals surface area (Å²) in [6.07, 6.45) is 6.23. The van der Waals surface area contributed by atoms with Crippen LogP contribution < -0.4 is 16.0 Å². The van der Waals surface area contributed by atoms with Gasteiger partial charge < -0.3 is 20.7 Å². The average molecular weight is 478 g/mol. The molecule has 35 heavy (non-hydrogen) atoms. The van der Waals surface area contributed by atoms with Crippen molar-refractivity contribution in [3.05, 3.63) is 41.1 Å². The first-order valence-corrected chi connectivity index (χ1v) is 12.7. The maximum Gasteiger partial charge on any atom is 0.306 e. The number of ether oxygens (including phenoxy) is 1. The normalized spacial score (nSPS) is 22.3. The Morgan fingerprint density at radius 3 is 2.69 bits per heavy atom. The zero-order valence-corrected chi connectivity index (χ0v) is 21.0. The summed E-state index contributed by atoms with van der Waals surface area (Å²) in [6.45, 7) is 7.71. The summed E-state index contributed by atoms with van der Waals surface area (Å²) in [6, 6.07) is 8.07. The molecule has 0 bridgehead atoms. The number of rotatable bonds is 6. The lowest BCUT2D eigenvalue weighted by molar-refractivity contribution is -0.156. The summed E-state index contributed by atoms with van der Waals surface area (Å²) in [5, 5.41) is 10.0. The standard InChI is InChI=1S/C27H35N5O3/c1-16-8-7-10-18(14-16)28-23-21-22(27(12-13-27)32-24(21)34)30-25(31-23)29-19-11-6-5-9-17(19)15-20(33)35-26(2,3)4/h7-8,10,14,17,19H,5-6,9,11-13,15H2,1-4H3,(H,32,34)(H2,28,29,30,31)/t17-,19-/m1/s1. The van der Waals surface area contributed by atoms with Crippen molar-refractivity contribution in [3.8, 4) is 0 Å². The molecule has 8 nitrogen and oxygen atoms in total. The molecule has 2 aromatic rings. The van der Waals surface area contributed by atoms with Crippen molar-refractivity contribution in [2.24, 2.45) is 5.92 Å². The number of amides is 1. The number of anilines is 3. The predicted octanol–water partition coefficient (Wildman–Crippen LogP) is 4.96. The molecular formula is C27H35N5O3. The second kappa shape index (κ2) is 8.81. The van der Waals surface area contributed by atoms with Crippen LogP contribution in [0.25, 0.3) is 0 Å². The molecule has 8 heteroatoms. The first-order chi connectivity index (χ1) is 16.6. The van der Waals surface area contributed by atoms with Gasteiger partial charge in [-0.1, -0.05) is 25.0 Å². The Balaban J connectivity index is 1.42. The monoisotopic (exact) mass is 477 g/mol. The van der Waals surface area contributed by atoms with Crippen LogP contribution in [0.5, 0.6) is 0 Å². The van der Waals surface area contributed by atoms with Gasteiger partial charge >= 0.3 is 5.97 Å². The van der Waals surface area contributed by atoms with Gasteiger partial charge in [0, 0.05) is 11.7 Å². The van der Waals surface area contributed by atoms with Crippen LogP contribution in [0.4, 0.5) is 17.5 Å². The first kappa shape index (κ1) is 23.6. The van der Waals surface area contributed by atoms with Gasteiger partial charge in [-0.15, -0.1) is 0 Å². The SMILES string of the molecule is Cc1cccc(Nc2nc(N[C@@H]3CCCC[C@@H]3CC(=O)OC(C)(C)C)nc3c2C(=O)NC32CC2)c1. The Hall–Kier alpha value is -3.16. The summed E-state index contributed by atoms with van der Waals surface area (Å²) >= 11 is 0.